The van der Waals surface area contributed by atoms with Crippen LogP contribution in [-0.2, 0) is 54.6 Å². The third kappa shape index (κ3) is 8.79. The van der Waals surface area contributed by atoms with E-state index in [2.05, 4.69) is 53.2 Å². The summed E-state index contributed by atoms with van der Waals surface area (Å²) in [5, 5.41) is 16.7. The molecule has 1 unspecified atom stereocenters. The number of aromatic hydroxyl groups is 1. The molecule has 1 saturated carbocycles. The number of fused-ring (bicyclic) bond motifs is 6. The number of phenolic OH excluding ortho intramolecular Hbond substituents is 1. The molecule has 320 valence electrons. The second-order valence-electron chi connectivity index (χ2n) is 18.1. The second-order valence-corrected chi connectivity index (χ2v) is 18.1. The van der Waals surface area contributed by atoms with Gasteiger partial charge in [0.1, 0.15) is 23.9 Å². The second kappa shape index (κ2) is 17.4. The fourth-order valence-electron chi connectivity index (χ4n) is 9.18. The van der Waals surface area contributed by atoms with Gasteiger partial charge in [0.2, 0.25) is 11.8 Å². The van der Waals surface area contributed by atoms with Crippen molar-refractivity contribution in [3.05, 3.63) is 71.5 Å². The number of methoxy groups -OCH3 is 1. The average molecular weight is 821 g/mol. The Labute approximate surface area is 352 Å². The Bertz CT molecular complexity index is 2280. The molecule has 0 spiro atoms. The Morgan fingerprint density at radius 1 is 1.13 bits per heavy atom. The van der Waals surface area contributed by atoms with Crippen LogP contribution < -0.4 is 10.7 Å². The van der Waals surface area contributed by atoms with Crippen LogP contribution in [0.2, 0.25) is 0 Å². The van der Waals surface area contributed by atoms with Gasteiger partial charge >= 0.3 is 5.97 Å². The van der Waals surface area contributed by atoms with Crippen LogP contribution in [0.25, 0.3) is 33.3 Å². The predicted octanol–water partition coefficient (Wildman–Crippen LogP) is 6.03. The Morgan fingerprint density at radius 2 is 1.90 bits per heavy atom. The van der Waals surface area contributed by atoms with Crippen LogP contribution in [0.1, 0.15) is 77.5 Å². The van der Waals surface area contributed by atoms with Crippen molar-refractivity contribution in [3.63, 3.8) is 0 Å². The van der Waals surface area contributed by atoms with Crippen LogP contribution in [-0.4, -0.2) is 93.7 Å². The molecule has 13 nitrogen and oxygen atoms in total. The van der Waals surface area contributed by atoms with E-state index < -0.39 is 41.3 Å². The van der Waals surface area contributed by atoms with Crippen molar-refractivity contribution in [1.29, 1.82) is 0 Å². The smallest absolute Gasteiger partial charge is 0.324 e. The molecule has 3 aliphatic rings. The minimum Gasteiger partial charge on any atom is -0.508 e. The molecule has 2 aromatic heterocycles. The number of hydrogen-bond donors (Lipinski definition) is 3. The normalized spacial score (nSPS) is 22.2. The first kappa shape index (κ1) is 42.8. The maximum atomic E-state index is 14.6. The van der Waals surface area contributed by atoms with Crippen molar-refractivity contribution in [3.8, 4) is 28.1 Å². The van der Waals surface area contributed by atoms with Gasteiger partial charge in [-0.3, -0.25) is 29.2 Å². The van der Waals surface area contributed by atoms with Crippen molar-refractivity contribution < 1.29 is 33.8 Å². The highest BCUT2D eigenvalue weighted by Crippen LogP contribution is 2.42. The summed E-state index contributed by atoms with van der Waals surface area (Å²) >= 11 is 0. The van der Waals surface area contributed by atoms with Gasteiger partial charge in [-0.25, -0.2) is 5.43 Å². The summed E-state index contributed by atoms with van der Waals surface area (Å²) in [4.78, 5) is 62.1. The van der Waals surface area contributed by atoms with E-state index in [1.807, 2.05) is 45.2 Å². The number of carbonyl (C=O) groups excluding carboxylic acids is 4. The summed E-state index contributed by atoms with van der Waals surface area (Å²) in [7, 11) is 3.34. The minimum atomic E-state index is -1.09. The van der Waals surface area contributed by atoms with Gasteiger partial charge in [-0.15, -0.1) is 0 Å². The van der Waals surface area contributed by atoms with E-state index in [-0.39, 0.29) is 42.4 Å². The van der Waals surface area contributed by atoms with Gasteiger partial charge in [0.25, 0.3) is 5.91 Å². The van der Waals surface area contributed by atoms with Gasteiger partial charge in [0.15, 0.2) is 0 Å². The molecule has 4 heterocycles. The summed E-state index contributed by atoms with van der Waals surface area (Å²) in [6, 6.07) is 10.8. The number of amides is 3. The monoisotopic (exact) mass is 820 g/mol. The molecule has 2 aliphatic heterocycles. The number of rotatable bonds is 9. The molecule has 5 atom stereocenters. The standard InChI is InChI=1S/C47H60N6O7/c1-9-52-40-13-12-30-22-35(40)36(42(52)37-24-48-15-14-31(37)25-59-8)23-47(5,6)26-60-46(58)38-11-10-16-53(50-38)45(57)39(20-29-18-32(30)21-33(54)19-29)49-43(55)41(27(2)3)51(7)44(56)34-17-28(34)4/h12-15,18-19,21-22,24,27-28,34,38-39,41,50,54H,9-11,16-17,20,23,25-26H2,1-8H3,(H,49,55)/t28-,34?,38-,39-,41-/m0/s1. The molecule has 1 saturated heterocycles. The van der Waals surface area contributed by atoms with Crippen molar-refractivity contribution in [2.45, 2.75) is 105 Å². The third-order valence-corrected chi connectivity index (χ3v) is 12.4. The van der Waals surface area contributed by atoms with Gasteiger partial charge in [-0.2, -0.15) is 0 Å². The molecule has 0 radical (unpaired) electrons. The first-order valence-corrected chi connectivity index (χ1v) is 21.3. The van der Waals surface area contributed by atoms with Gasteiger partial charge in [-0.05, 0) is 103 Å². The van der Waals surface area contributed by atoms with Crippen molar-refractivity contribution in [1.82, 2.24) is 30.2 Å². The lowest BCUT2D eigenvalue weighted by molar-refractivity contribution is -0.155. The number of hydrogen-bond acceptors (Lipinski definition) is 9. The number of phenols is 1. The van der Waals surface area contributed by atoms with E-state index >= 15 is 0 Å². The van der Waals surface area contributed by atoms with Crippen molar-refractivity contribution in [2.24, 2.45) is 23.2 Å². The molecule has 2 fully saturated rings. The number of aromatic nitrogens is 2. The highest BCUT2D eigenvalue weighted by molar-refractivity contribution is 5.96. The average Bonchev–Trinajstić information content (AvgIpc) is 3.88. The molecule has 3 amide bonds. The SMILES string of the molecule is CCn1c(-c2cnccc2COC)c2c3cc(ccc31)-c1cc(O)cc(c1)C[C@H](NC(=O)[C@H](C(C)C)N(C)C(=O)C1C[C@@H]1C)C(=O)N1CCC[C@H](N1)C(=O)OCC(C)(C)C2. The number of benzene rings is 2. The summed E-state index contributed by atoms with van der Waals surface area (Å²) in [5.41, 5.74) is 9.94. The molecule has 7 rings (SSSR count). The molecule has 1 aliphatic carbocycles. The highest BCUT2D eigenvalue weighted by atomic mass is 16.5. The lowest BCUT2D eigenvalue weighted by atomic mass is 9.84. The summed E-state index contributed by atoms with van der Waals surface area (Å²) < 4.78 is 14.0. The maximum Gasteiger partial charge on any atom is 0.324 e. The summed E-state index contributed by atoms with van der Waals surface area (Å²) in [6.07, 6.45) is 6.07. The number of aryl methyl sites for hydroxylation is 1. The Morgan fingerprint density at radius 3 is 2.60 bits per heavy atom. The summed E-state index contributed by atoms with van der Waals surface area (Å²) in [6.45, 7) is 13.6. The first-order chi connectivity index (χ1) is 28.6. The first-order valence-electron chi connectivity index (χ1n) is 21.3. The van der Waals surface area contributed by atoms with Crippen LogP contribution >= 0.6 is 0 Å². The summed E-state index contributed by atoms with van der Waals surface area (Å²) in [5.74, 6) is -1.47. The Kier molecular flexibility index (Phi) is 12.4. The highest BCUT2D eigenvalue weighted by Gasteiger charge is 2.44. The third-order valence-electron chi connectivity index (χ3n) is 12.4. The van der Waals surface area contributed by atoms with Crippen molar-refractivity contribution in [2.75, 3.05) is 27.3 Å². The number of carbonyl (C=O) groups is 4. The van der Waals surface area contributed by atoms with E-state index in [1.165, 1.54) is 9.91 Å². The number of hydrazine groups is 1. The predicted molar refractivity (Wildman–Crippen MR) is 229 cm³/mol. The van der Waals surface area contributed by atoms with Crippen molar-refractivity contribution >= 4 is 34.6 Å². The van der Waals surface area contributed by atoms with E-state index in [9.17, 15) is 24.3 Å². The molecule has 6 bridgehead atoms. The molecular formula is C47H60N6O7. The molecule has 60 heavy (non-hydrogen) atoms. The van der Waals surface area contributed by atoms with E-state index in [0.29, 0.717) is 44.5 Å². The zero-order valence-electron chi connectivity index (χ0n) is 36.2. The molecule has 2 aromatic carbocycles. The largest absolute Gasteiger partial charge is 0.508 e. The molecule has 3 N–H and O–H groups in total. The quantitative estimate of drug-likeness (QED) is 0.172. The number of nitrogens with zero attached hydrogens (tertiary/aromatic N) is 4. The fourth-order valence-corrected chi connectivity index (χ4v) is 9.18. The van der Waals surface area contributed by atoms with E-state index in [0.717, 1.165) is 50.8 Å². The van der Waals surface area contributed by atoms with Gasteiger partial charge < -0.3 is 29.4 Å². The zero-order chi connectivity index (χ0) is 43.0. The minimum absolute atomic E-state index is 0.0186. The number of likely N-dealkylation sites (N-methyl/N-ethyl adjacent to an activating group) is 1. The lowest BCUT2D eigenvalue weighted by Gasteiger charge is -2.36. The Hall–Kier alpha value is -5.27. The topological polar surface area (TPSA) is 155 Å². The van der Waals surface area contributed by atoms with Gasteiger partial charge in [0.05, 0.1) is 18.9 Å². The Balaban J connectivity index is 1.34. The van der Waals surface area contributed by atoms with Gasteiger partial charge in [0, 0.05) is 73.9 Å². The van der Waals surface area contributed by atoms with E-state index in [1.54, 1.807) is 32.5 Å². The van der Waals surface area contributed by atoms with Crippen LogP contribution in [0.5, 0.6) is 5.75 Å². The lowest BCUT2D eigenvalue weighted by Crippen LogP contribution is -2.62. The molecule has 4 aromatic rings. The number of pyridine rings is 1. The molecule has 13 heteroatoms. The van der Waals surface area contributed by atoms with Crippen LogP contribution in [0.4, 0.5) is 0 Å². The number of cyclic esters (lactones) is 1. The van der Waals surface area contributed by atoms with Crippen LogP contribution in [0.15, 0.2) is 54.9 Å². The van der Waals surface area contributed by atoms with Crippen LogP contribution in [0, 0.1) is 23.2 Å². The number of nitrogens with one attached hydrogen (secondary N) is 2. The fraction of sp³-hybridized carbons (Fsp3) is 0.511. The number of esters is 1. The zero-order valence-corrected chi connectivity index (χ0v) is 36.2. The molecular weight excluding hydrogens is 761 g/mol. The van der Waals surface area contributed by atoms with E-state index in [4.69, 9.17) is 9.47 Å². The van der Waals surface area contributed by atoms with Gasteiger partial charge in [-0.1, -0.05) is 46.8 Å². The number of ether oxygens (including phenoxy) is 2. The van der Waals surface area contributed by atoms with Crippen LogP contribution in [0.3, 0.4) is 0 Å². The maximum absolute atomic E-state index is 14.6.